The van der Waals surface area contributed by atoms with E-state index in [0.717, 1.165) is 12.8 Å². The van der Waals surface area contributed by atoms with E-state index in [2.05, 4.69) is 15.3 Å². The fraction of sp³-hybridized carbons (Fsp3) is 0.500. The number of rotatable bonds is 4. The Balaban J connectivity index is 1.88. The van der Waals surface area contributed by atoms with Crippen LogP contribution in [0.15, 0.2) is 18.6 Å². The van der Waals surface area contributed by atoms with Crippen LogP contribution in [0.25, 0.3) is 0 Å². The van der Waals surface area contributed by atoms with E-state index in [1.165, 1.54) is 18.6 Å². The van der Waals surface area contributed by atoms with E-state index < -0.39 is 5.97 Å². The first-order valence-corrected chi connectivity index (χ1v) is 5.95. The summed E-state index contributed by atoms with van der Waals surface area (Å²) in [5.41, 5.74) is 0.252. The van der Waals surface area contributed by atoms with E-state index in [9.17, 15) is 9.59 Å². The van der Waals surface area contributed by atoms with Gasteiger partial charge in [-0.3, -0.25) is 14.6 Å². The molecule has 0 saturated heterocycles. The number of hydrogen-bond donors (Lipinski definition) is 2. The van der Waals surface area contributed by atoms with Crippen molar-refractivity contribution in [3.05, 3.63) is 24.3 Å². The van der Waals surface area contributed by atoms with Crippen LogP contribution in [0.4, 0.5) is 0 Å². The largest absolute Gasteiger partial charge is 0.481 e. The van der Waals surface area contributed by atoms with Gasteiger partial charge in [-0.25, -0.2) is 4.98 Å². The zero-order valence-corrected chi connectivity index (χ0v) is 9.87. The van der Waals surface area contributed by atoms with Crippen molar-refractivity contribution in [1.82, 2.24) is 15.3 Å². The molecule has 1 heterocycles. The molecule has 0 aromatic carbocycles. The highest BCUT2D eigenvalue weighted by molar-refractivity contribution is 5.91. The monoisotopic (exact) mass is 249 g/mol. The number of nitrogens with zero attached hydrogens (tertiary/aromatic N) is 2. The maximum Gasteiger partial charge on any atom is 0.306 e. The van der Waals surface area contributed by atoms with Gasteiger partial charge in [-0.05, 0) is 18.8 Å². The van der Waals surface area contributed by atoms with Gasteiger partial charge >= 0.3 is 5.97 Å². The lowest BCUT2D eigenvalue weighted by atomic mass is 9.96. The topological polar surface area (TPSA) is 92.2 Å². The third kappa shape index (κ3) is 2.82. The van der Waals surface area contributed by atoms with E-state index in [1.807, 2.05) is 0 Å². The smallest absolute Gasteiger partial charge is 0.306 e. The van der Waals surface area contributed by atoms with Crippen molar-refractivity contribution in [2.75, 3.05) is 6.54 Å². The van der Waals surface area contributed by atoms with Gasteiger partial charge in [0.05, 0.1) is 12.1 Å². The Bertz CT molecular complexity index is 435. The maximum absolute atomic E-state index is 11.7. The molecule has 0 spiro atoms. The molecule has 1 aromatic heterocycles. The van der Waals surface area contributed by atoms with Crippen molar-refractivity contribution >= 4 is 11.9 Å². The molecule has 1 amide bonds. The van der Waals surface area contributed by atoms with Gasteiger partial charge < -0.3 is 10.4 Å². The first-order chi connectivity index (χ1) is 8.68. The molecule has 0 bridgehead atoms. The van der Waals surface area contributed by atoms with Crippen LogP contribution in [-0.2, 0) is 4.79 Å². The summed E-state index contributed by atoms with van der Waals surface area (Å²) in [6.07, 6.45) is 6.78. The number of hydrogen-bond acceptors (Lipinski definition) is 4. The van der Waals surface area contributed by atoms with Crippen molar-refractivity contribution < 1.29 is 14.7 Å². The predicted octanol–water partition coefficient (Wildman–Crippen LogP) is 0.707. The molecule has 1 aliphatic carbocycles. The van der Waals surface area contributed by atoms with Gasteiger partial charge in [0.1, 0.15) is 5.69 Å². The lowest BCUT2D eigenvalue weighted by Gasteiger charge is -2.15. The molecule has 1 fully saturated rings. The minimum Gasteiger partial charge on any atom is -0.481 e. The van der Waals surface area contributed by atoms with Gasteiger partial charge in [0.2, 0.25) is 0 Å². The number of carbonyl (C=O) groups excluding carboxylic acids is 1. The second-order valence-electron chi connectivity index (χ2n) is 4.44. The summed E-state index contributed by atoms with van der Waals surface area (Å²) in [5, 5.41) is 11.8. The Hall–Kier alpha value is -1.98. The van der Waals surface area contributed by atoms with Crippen LogP contribution < -0.4 is 5.32 Å². The molecule has 2 N–H and O–H groups in total. The Labute approximate surface area is 104 Å². The van der Waals surface area contributed by atoms with Gasteiger partial charge in [-0.1, -0.05) is 6.42 Å². The third-order valence-corrected chi connectivity index (χ3v) is 3.30. The van der Waals surface area contributed by atoms with Crippen molar-refractivity contribution in [3.63, 3.8) is 0 Å². The molecule has 1 saturated carbocycles. The van der Waals surface area contributed by atoms with Crippen LogP contribution in [0.5, 0.6) is 0 Å². The van der Waals surface area contributed by atoms with Crippen LogP contribution in [0.1, 0.15) is 29.8 Å². The zero-order valence-electron chi connectivity index (χ0n) is 9.87. The van der Waals surface area contributed by atoms with Crippen LogP contribution >= 0.6 is 0 Å². The van der Waals surface area contributed by atoms with E-state index >= 15 is 0 Å². The fourth-order valence-corrected chi connectivity index (χ4v) is 2.34. The summed E-state index contributed by atoms with van der Waals surface area (Å²) in [6, 6.07) is 0. The molecule has 6 nitrogen and oxygen atoms in total. The summed E-state index contributed by atoms with van der Waals surface area (Å²) < 4.78 is 0. The number of carboxylic acid groups (broad SMARTS) is 1. The van der Waals surface area contributed by atoms with Crippen LogP contribution in [0, 0.1) is 11.8 Å². The van der Waals surface area contributed by atoms with Gasteiger partial charge in [0.25, 0.3) is 5.91 Å². The Kier molecular flexibility index (Phi) is 3.86. The Morgan fingerprint density at radius 1 is 1.39 bits per heavy atom. The van der Waals surface area contributed by atoms with Crippen molar-refractivity contribution in [2.24, 2.45) is 11.8 Å². The molecule has 1 aliphatic rings. The number of aromatic nitrogens is 2. The zero-order chi connectivity index (χ0) is 13.0. The number of aliphatic carboxylic acids is 1. The molecule has 18 heavy (non-hydrogen) atoms. The van der Waals surface area contributed by atoms with Gasteiger partial charge in [0.15, 0.2) is 0 Å². The number of carboxylic acids is 1. The van der Waals surface area contributed by atoms with Crippen LogP contribution in [0.2, 0.25) is 0 Å². The quantitative estimate of drug-likeness (QED) is 0.819. The Morgan fingerprint density at radius 2 is 2.22 bits per heavy atom. The Morgan fingerprint density at radius 3 is 2.89 bits per heavy atom. The second-order valence-corrected chi connectivity index (χ2v) is 4.44. The summed E-state index contributed by atoms with van der Waals surface area (Å²) >= 11 is 0. The van der Waals surface area contributed by atoms with Crippen LogP contribution in [0.3, 0.4) is 0 Å². The first kappa shape index (κ1) is 12.5. The molecule has 0 radical (unpaired) electrons. The van der Waals surface area contributed by atoms with E-state index in [0.29, 0.717) is 13.0 Å². The number of nitrogens with one attached hydrogen (secondary N) is 1. The minimum atomic E-state index is -0.772. The average Bonchev–Trinajstić information content (AvgIpc) is 2.85. The average molecular weight is 249 g/mol. The lowest BCUT2D eigenvalue weighted by Crippen LogP contribution is -2.33. The molecule has 1 aromatic rings. The summed E-state index contributed by atoms with van der Waals surface area (Å²) in [6.45, 7) is 0.381. The molecule has 2 rings (SSSR count). The summed E-state index contributed by atoms with van der Waals surface area (Å²) in [5.74, 6) is -1.40. The highest BCUT2D eigenvalue weighted by Crippen LogP contribution is 2.31. The van der Waals surface area contributed by atoms with Crippen molar-refractivity contribution in [2.45, 2.75) is 19.3 Å². The molecular weight excluding hydrogens is 234 g/mol. The van der Waals surface area contributed by atoms with E-state index in [-0.39, 0.29) is 23.4 Å². The standard InChI is InChI=1S/C12H15N3O3/c16-11(10-7-13-4-5-14-10)15-6-8-2-1-3-9(8)12(17)18/h4-5,7-9H,1-3,6H2,(H,15,16)(H,17,18). The van der Waals surface area contributed by atoms with Crippen molar-refractivity contribution in [1.29, 1.82) is 0 Å². The highest BCUT2D eigenvalue weighted by Gasteiger charge is 2.32. The highest BCUT2D eigenvalue weighted by atomic mass is 16.4. The first-order valence-electron chi connectivity index (χ1n) is 5.95. The maximum atomic E-state index is 11.7. The molecule has 6 heteroatoms. The van der Waals surface area contributed by atoms with Gasteiger partial charge in [-0.2, -0.15) is 0 Å². The second kappa shape index (κ2) is 5.57. The SMILES string of the molecule is O=C(NCC1CCCC1C(=O)O)c1cnccn1. The van der Waals surface area contributed by atoms with Gasteiger partial charge in [-0.15, -0.1) is 0 Å². The van der Waals surface area contributed by atoms with E-state index in [4.69, 9.17) is 5.11 Å². The molecule has 2 unspecified atom stereocenters. The normalized spacial score (nSPS) is 22.7. The fourth-order valence-electron chi connectivity index (χ4n) is 2.34. The van der Waals surface area contributed by atoms with E-state index in [1.54, 1.807) is 0 Å². The molecule has 96 valence electrons. The molecular formula is C12H15N3O3. The minimum absolute atomic E-state index is 0.0168. The third-order valence-electron chi connectivity index (χ3n) is 3.30. The molecule has 2 atom stereocenters. The predicted molar refractivity (Wildman–Crippen MR) is 62.8 cm³/mol. The van der Waals surface area contributed by atoms with Crippen molar-refractivity contribution in [3.8, 4) is 0 Å². The lowest BCUT2D eigenvalue weighted by molar-refractivity contribution is -0.142. The summed E-state index contributed by atoms with van der Waals surface area (Å²) in [7, 11) is 0. The summed E-state index contributed by atoms with van der Waals surface area (Å²) in [4.78, 5) is 30.4. The van der Waals surface area contributed by atoms with Crippen LogP contribution in [-0.4, -0.2) is 33.5 Å². The number of carbonyl (C=O) groups is 2. The molecule has 0 aliphatic heterocycles. The van der Waals surface area contributed by atoms with Gasteiger partial charge in [0, 0.05) is 18.9 Å². The number of amides is 1.